The van der Waals surface area contributed by atoms with E-state index >= 15 is 0 Å². The number of anilines is 1. The van der Waals surface area contributed by atoms with Gasteiger partial charge in [-0.15, -0.1) is 0 Å². The van der Waals surface area contributed by atoms with Gasteiger partial charge in [-0.3, -0.25) is 9.59 Å². The Balaban J connectivity index is 2.10. The fraction of sp³-hybridized carbons (Fsp3) is 0.0625. The molecular formula is C16H15N3O3. The van der Waals surface area contributed by atoms with Crippen molar-refractivity contribution in [3.05, 3.63) is 59.7 Å². The first-order valence-corrected chi connectivity index (χ1v) is 6.56. The van der Waals surface area contributed by atoms with Crippen LogP contribution in [-0.4, -0.2) is 23.1 Å². The molecule has 3 N–H and O–H groups in total. The van der Waals surface area contributed by atoms with Gasteiger partial charge >= 0.3 is 0 Å². The van der Waals surface area contributed by atoms with Crippen molar-refractivity contribution < 1.29 is 14.7 Å². The molecule has 0 aromatic heterocycles. The SMILES string of the molecule is CC(=O)Nc1ccccc1C(=O)NN=Cc1ccccc1O. The van der Waals surface area contributed by atoms with E-state index in [0.29, 0.717) is 16.8 Å². The van der Waals surface area contributed by atoms with Crippen LogP contribution in [0.4, 0.5) is 5.69 Å². The molecule has 0 aliphatic rings. The Kier molecular flexibility index (Phi) is 4.87. The van der Waals surface area contributed by atoms with Crippen LogP contribution < -0.4 is 10.7 Å². The maximum absolute atomic E-state index is 12.1. The lowest BCUT2D eigenvalue weighted by atomic mass is 10.1. The first-order valence-electron chi connectivity index (χ1n) is 6.56. The molecule has 0 spiro atoms. The summed E-state index contributed by atoms with van der Waals surface area (Å²) >= 11 is 0. The first-order chi connectivity index (χ1) is 10.6. The number of amides is 2. The van der Waals surface area contributed by atoms with Gasteiger partial charge in [-0.25, -0.2) is 5.43 Å². The van der Waals surface area contributed by atoms with Gasteiger partial charge in [0.2, 0.25) is 5.91 Å². The summed E-state index contributed by atoms with van der Waals surface area (Å²) < 4.78 is 0. The van der Waals surface area contributed by atoms with Gasteiger partial charge in [0.15, 0.2) is 0 Å². The number of carbonyl (C=O) groups excluding carboxylic acids is 2. The van der Waals surface area contributed by atoms with Crippen LogP contribution in [0.25, 0.3) is 0 Å². The highest BCUT2D eigenvalue weighted by Crippen LogP contribution is 2.15. The van der Waals surface area contributed by atoms with Gasteiger partial charge in [-0.05, 0) is 24.3 Å². The van der Waals surface area contributed by atoms with E-state index in [0.717, 1.165) is 0 Å². The Labute approximate surface area is 127 Å². The predicted octanol–water partition coefficient (Wildman–Crippen LogP) is 2.11. The maximum Gasteiger partial charge on any atom is 0.273 e. The van der Waals surface area contributed by atoms with E-state index in [4.69, 9.17) is 0 Å². The Morgan fingerprint density at radius 3 is 2.50 bits per heavy atom. The molecule has 0 unspecified atom stereocenters. The van der Waals surface area contributed by atoms with Gasteiger partial charge in [0.05, 0.1) is 17.5 Å². The van der Waals surface area contributed by atoms with E-state index in [1.54, 1.807) is 42.5 Å². The van der Waals surface area contributed by atoms with Crippen LogP contribution in [0.1, 0.15) is 22.8 Å². The van der Waals surface area contributed by atoms with E-state index in [1.807, 2.05) is 0 Å². The number of para-hydroxylation sites is 2. The number of benzene rings is 2. The smallest absolute Gasteiger partial charge is 0.273 e. The minimum absolute atomic E-state index is 0.0687. The summed E-state index contributed by atoms with van der Waals surface area (Å²) in [4.78, 5) is 23.2. The highest BCUT2D eigenvalue weighted by molar-refractivity contribution is 6.03. The molecule has 0 bridgehead atoms. The number of rotatable bonds is 4. The molecule has 2 amide bonds. The van der Waals surface area contributed by atoms with Crippen molar-refractivity contribution >= 4 is 23.7 Å². The van der Waals surface area contributed by atoms with Gasteiger partial charge in [-0.2, -0.15) is 5.10 Å². The third-order valence-corrected chi connectivity index (χ3v) is 2.79. The summed E-state index contributed by atoms with van der Waals surface area (Å²) in [5.74, 6) is -0.659. The van der Waals surface area contributed by atoms with Crippen LogP contribution in [0.5, 0.6) is 5.75 Å². The molecule has 2 rings (SSSR count). The molecule has 6 nitrogen and oxygen atoms in total. The van der Waals surface area contributed by atoms with Gasteiger partial charge in [0.25, 0.3) is 5.91 Å². The van der Waals surface area contributed by atoms with Crippen molar-refractivity contribution in [3.63, 3.8) is 0 Å². The standard InChI is InChI=1S/C16H15N3O3/c1-11(20)18-14-8-4-3-7-13(14)16(22)19-17-10-12-6-2-5-9-15(12)21/h2-10,21H,1H3,(H,18,20)(H,19,22). The molecule has 2 aromatic carbocycles. The van der Waals surface area contributed by atoms with Crippen LogP contribution in [0, 0.1) is 0 Å². The highest BCUT2D eigenvalue weighted by atomic mass is 16.3. The number of nitrogens with zero attached hydrogens (tertiary/aromatic N) is 1. The molecule has 2 aromatic rings. The van der Waals surface area contributed by atoms with Gasteiger partial charge in [0.1, 0.15) is 5.75 Å². The number of nitrogens with one attached hydrogen (secondary N) is 2. The van der Waals surface area contributed by atoms with Crippen molar-refractivity contribution in [2.45, 2.75) is 6.92 Å². The number of hydrazone groups is 1. The van der Waals surface area contributed by atoms with Gasteiger partial charge in [-0.1, -0.05) is 24.3 Å². The largest absolute Gasteiger partial charge is 0.507 e. The lowest BCUT2D eigenvalue weighted by Crippen LogP contribution is -2.20. The molecule has 0 fully saturated rings. The molecule has 0 saturated heterocycles. The minimum Gasteiger partial charge on any atom is -0.507 e. The number of carbonyl (C=O) groups is 2. The predicted molar refractivity (Wildman–Crippen MR) is 83.9 cm³/mol. The molecule has 0 atom stereocenters. The summed E-state index contributed by atoms with van der Waals surface area (Å²) in [5, 5.41) is 16.0. The van der Waals surface area contributed by atoms with E-state index in [2.05, 4.69) is 15.8 Å². The molecule has 6 heteroatoms. The van der Waals surface area contributed by atoms with Crippen molar-refractivity contribution in [1.29, 1.82) is 0 Å². The Hall–Kier alpha value is -3.15. The molecule has 0 heterocycles. The molecule has 0 aliphatic heterocycles. The van der Waals surface area contributed by atoms with E-state index in [-0.39, 0.29) is 11.7 Å². The Morgan fingerprint density at radius 1 is 1.09 bits per heavy atom. The number of aromatic hydroxyl groups is 1. The second-order valence-electron chi connectivity index (χ2n) is 4.48. The second kappa shape index (κ2) is 7.03. The first kappa shape index (κ1) is 15.2. The van der Waals surface area contributed by atoms with Crippen LogP contribution in [0.2, 0.25) is 0 Å². The summed E-state index contributed by atoms with van der Waals surface area (Å²) in [7, 11) is 0. The fourth-order valence-corrected chi connectivity index (χ4v) is 1.80. The fourth-order valence-electron chi connectivity index (χ4n) is 1.80. The average Bonchev–Trinajstić information content (AvgIpc) is 2.49. The highest BCUT2D eigenvalue weighted by Gasteiger charge is 2.10. The quantitative estimate of drug-likeness (QED) is 0.596. The van der Waals surface area contributed by atoms with Crippen LogP contribution in [0.15, 0.2) is 53.6 Å². The molecule has 0 radical (unpaired) electrons. The molecular weight excluding hydrogens is 282 g/mol. The minimum atomic E-state index is -0.462. The maximum atomic E-state index is 12.1. The third-order valence-electron chi connectivity index (χ3n) is 2.79. The van der Waals surface area contributed by atoms with Crippen LogP contribution >= 0.6 is 0 Å². The summed E-state index contributed by atoms with van der Waals surface area (Å²) in [5.41, 5.74) is 3.55. The summed E-state index contributed by atoms with van der Waals surface area (Å²) in [6, 6.07) is 13.2. The zero-order valence-corrected chi connectivity index (χ0v) is 11.9. The van der Waals surface area contributed by atoms with Gasteiger partial charge in [0, 0.05) is 12.5 Å². The lowest BCUT2D eigenvalue weighted by molar-refractivity contribution is -0.114. The van der Waals surface area contributed by atoms with E-state index < -0.39 is 5.91 Å². The molecule has 0 aliphatic carbocycles. The lowest BCUT2D eigenvalue weighted by Gasteiger charge is -2.08. The zero-order valence-electron chi connectivity index (χ0n) is 11.9. The normalized spacial score (nSPS) is 10.4. The number of hydrogen-bond donors (Lipinski definition) is 3. The Morgan fingerprint density at radius 2 is 1.77 bits per heavy atom. The summed E-state index contributed by atoms with van der Waals surface area (Å²) in [6.45, 7) is 1.37. The van der Waals surface area contributed by atoms with Crippen molar-refractivity contribution in [2.75, 3.05) is 5.32 Å². The Bertz CT molecular complexity index is 726. The third kappa shape index (κ3) is 3.92. The summed E-state index contributed by atoms with van der Waals surface area (Å²) in [6.07, 6.45) is 1.34. The second-order valence-corrected chi connectivity index (χ2v) is 4.48. The van der Waals surface area contributed by atoms with Crippen LogP contribution in [0.3, 0.4) is 0 Å². The van der Waals surface area contributed by atoms with Crippen molar-refractivity contribution in [2.24, 2.45) is 5.10 Å². The molecule has 0 saturated carbocycles. The van der Waals surface area contributed by atoms with Gasteiger partial charge < -0.3 is 10.4 Å². The molecule has 112 valence electrons. The number of phenols is 1. The monoisotopic (exact) mass is 297 g/mol. The molecule has 22 heavy (non-hydrogen) atoms. The topological polar surface area (TPSA) is 90.8 Å². The van der Waals surface area contributed by atoms with Crippen molar-refractivity contribution in [3.8, 4) is 5.75 Å². The zero-order chi connectivity index (χ0) is 15.9. The van der Waals surface area contributed by atoms with Crippen LogP contribution in [-0.2, 0) is 4.79 Å². The van der Waals surface area contributed by atoms with E-state index in [9.17, 15) is 14.7 Å². The number of phenolic OH excluding ortho intramolecular Hbond substituents is 1. The average molecular weight is 297 g/mol. The van der Waals surface area contributed by atoms with Crippen molar-refractivity contribution in [1.82, 2.24) is 5.43 Å². The number of hydrogen-bond acceptors (Lipinski definition) is 4. The van der Waals surface area contributed by atoms with E-state index in [1.165, 1.54) is 19.2 Å².